The molecule has 1 aromatic carbocycles. The maximum Gasteiger partial charge on any atom is 0.270 e. The number of nitro groups is 1. The molecule has 118 valence electrons. The Kier molecular flexibility index (Phi) is 7.71. The molecule has 1 rings (SSSR count). The molecule has 0 bridgehead atoms. The topological polar surface area (TPSA) is 84.6 Å². The minimum atomic E-state index is -0.403. The number of non-ortho nitro benzene ring substituents is 1. The van der Waals surface area contributed by atoms with Gasteiger partial charge in [0.1, 0.15) is 5.75 Å². The number of nitrogens with one attached hydrogen (secondary N) is 1. The molecule has 0 aliphatic rings. The van der Waals surface area contributed by atoms with E-state index in [1.54, 1.807) is 12.1 Å². The number of aliphatic hydroxyl groups excluding tert-OH is 1. The zero-order chi connectivity index (χ0) is 15.7. The van der Waals surface area contributed by atoms with Gasteiger partial charge in [0.2, 0.25) is 0 Å². The number of ether oxygens (including phenoxy) is 1. The van der Waals surface area contributed by atoms with Crippen LogP contribution in [0.4, 0.5) is 5.69 Å². The molecular formula is C15H24N2O4. The molecule has 0 aliphatic carbocycles. The van der Waals surface area contributed by atoms with E-state index in [2.05, 4.69) is 12.2 Å². The summed E-state index contributed by atoms with van der Waals surface area (Å²) in [4.78, 5) is 10.4. The first kappa shape index (κ1) is 17.4. The number of benzene rings is 1. The highest BCUT2D eigenvalue weighted by Crippen LogP contribution is 2.24. The Bertz CT molecular complexity index is 451. The lowest BCUT2D eigenvalue weighted by atomic mass is 10.0. The van der Waals surface area contributed by atoms with Crippen molar-refractivity contribution in [1.29, 1.82) is 0 Å². The predicted octanol–water partition coefficient (Wildman–Crippen LogP) is 2.49. The van der Waals surface area contributed by atoms with Gasteiger partial charge in [-0.05, 0) is 31.9 Å². The molecule has 0 saturated carbocycles. The number of hydrogen-bond donors (Lipinski definition) is 2. The second kappa shape index (κ2) is 9.31. The van der Waals surface area contributed by atoms with E-state index in [4.69, 9.17) is 9.84 Å². The molecule has 0 radical (unpaired) electrons. The van der Waals surface area contributed by atoms with Gasteiger partial charge in [0, 0.05) is 30.8 Å². The Labute approximate surface area is 125 Å². The first-order chi connectivity index (χ1) is 10.1. The molecule has 2 N–H and O–H groups in total. The predicted molar refractivity (Wildman–Crippen MR) is 81.5 cm³/mol. The average Bonchev–Trinajstić information content (AvgIpc) is 2.47. The average molecular weight is 296 g/mol. The number of nitrogens with zero attached hydrogens (tertiary/aromatic N) is 1. The standard InChI is InChI=1S/C15H24N2O4/c1-3-12(7-8-18)10-16-11-13-9-14(17(19)20)5-6-15(13)21-4-2/h5-6,9,12,16,18H,3-4,7-8,10-11H2,1-2H3/t12-/m0/s1. The molecule has 6 nitrogen and oxygen atoms in total. The van der Waals surface area contributed by atoms with Gasteiger partial charge < -0.3 is 15.2 Å². The molecule has 0 heterocycles. The summed E-state index contributed by atoms with van der Waals surface area (Å²) >= 11 is 0. The largest absolute Gasteiger partial charge is 0.494 e. The Balaban J connectivity index is 2.70. The van der Waals surface area contributed by atoms with E-state index in [-0.39, 0.29) is 12.3 Å². The molecule has 0 unspecified atom stereocenters. The molecule has 0 aliphatic heterocycles. The van der Waals surface area contributed by atoms with Crippen molar-refractivity contribution in [3.8, 4) is 5.75 Å². The lowest BCUT2D eigenvalue weighted by molar-refractivity contribution is -0.384. The van der Waals surface area contributed by atoms with E-state index >= 15 is 0 Å². The maximum atomic E-state index is 10.9. The molecule has 0 saturated heterocycles. The van der Waals surface area contributed by atoms with Crippen LogP contribution in [0.3, 0.4) is 0 Å². The molecule has 1 atom stereocenters. The van der Waals surface area contributed by atoms with Crippen LogP contribution in [0.25, 0.3) is 0 Å². The molecule has 1 aromatic rings. The van der Waals surface area contributed by atoms with E-state index in [0.717, 1.165) is 24.9 Å². The van der Waals surface area contributed by atoms with E-state index in [9.17, 15) is 10.1 Å². The third kappa shape index (κ3) is 5.69. The normalized spacial score (nSPS) is 12.1. The van der Waals surface area contributed by atoms with Crippen molar-refractivity contribution in [2.24, 2.45) is 5.92 Å². The molecule has 21 heavy (non-hydrogen) atoms. The number of rotatable bonds is 10. The SMILES string of the molecule is CCOc1ccc([N+](=O)[O-])cc1CNC[C@@H](CC)CCO. The lowest BCUT2D eigenvalue weighted by Crippen LogP contribution is -2.23. The van der Waals surface area contributed by atoms with Gasteiger partial charge in [0.15, 0.2) is 0 Å². The number of nitro benzene ring substituents is 1. The van der Waals surface area contributed by atoms with Crippen molar-refractivity contribution in [2.75, 3.05) is 19.8 Å². The van der Waals surface area contributed by atoms with E-state index < -0.39 is 4.92 Å². The quantitative estimate of drug-likeness (QED) is 0.512. The molecule has 0 spiro atoms. The van der Waals surface area contributed by atoms with Gasteiger partial charge in [0.25, 0.3) is 5.69 Å². The van der Waals surface area contributed by atoms with Crippen LogP contribution in [-0.2, 0) is 6.54 Å². The first-order valence-electron chi connectivity index (χ1n) is 7.34. The second-order valence-corrected chi connectivity index (χ2v) is 4.90. The Morgan fingerprint density at radius 3 is 2.76 bits per heavy atom. The summed E-state index contributed by atoms with van der Waals surface area (Å²) in [6, 6.07) is 4.64. The van der Waals surface area contributed by atoms with Crippen LogP contribution >= 0.6 is 0 Å². The summed E-state index contributed by atoms with van der Waals surface area (Å²) in [7, 11) is 0. The fourth-order valence-corrected chi connectivity index (χ4v) is 2.16. The fraction of sp³-hybridized carbons (Fsp3) is 0.600. The van der Waals surface area contributed by atoms with Crippen molar-refractivity contribution >= 4 is 5.69 Å². The van der Waals surface area contributed by atoms with Crippen LogP contribution < -0.4 is 10.1 Å². The number of hydrogen-bond acceptors (Lipinski definition) is 5. The van der Waals surface area contributed by atoms with Crippen molar-refractivity contribution in [2.45, 2.75) is 33.2 Å². The van der Waals surface area contributed by atoms with E-state index in [1.807, 2.05) is 6.92 Å². The van der Waals surface area contributed by atoms with Crippen LogP contribution in [0.2, 0.25) is 0 Å². The van der Waals surface area contributed by atoms with Crippen molar-refractivity contribution in [3.63, 3.8) is 0 Å². The highest BCUT2D eigenvalue weighted by atomic mass is 16.6. The van der Waals surface area contributed by atoms with Crippen LogP contribution in [0.15, 0.2) is 18.2 Å². The van der Waals surface area contributed by atoms with Crippen LogP contribution in [0, 0.1) is 16.0 Å². The summed E-state index contributed by atoms with van der Waals surface area (Å²) in [5.41, 5.74) is 0.850. The van der Waals surface area contributed by atoms with Crippen molar-refractivity contribution in [3.05, 3.63) is 33.9 Å². The summed E-state index contributed by atoms with van der Waals surface area (Å²) in [5, 5.41) is 23.1. The fourth-order valence-electron chi connectivity index (χ4n) is 2.16. The monoisotopic (exact) mass is 296 g/mol. The Morgan fingerprint density at radius 2 is 2.19 bits per heavy atom. The van der Waals surface area contributed by atoms with Gasteiger partial charge in [-0.2, -0.15) is 0 Å². The molecule has 0 fully saturated rings. The smallest absolute Gasteiger partial charge is 0.270 e. The van der Waals surface area contributed by atoms with E-state index in [1.165, 1.54) is 6.07 Å². The van der Waals surface area contributed by atoms with Gasteiger partial charge in [0.05, 0.1) is 11.5 Å². The highest BCUT2D eigenvalue weighted by Gasteiger charge is 2.12. The molecule has 0 aromatic heterocycles. The Morgan fingerprint density at radius 1 is 1.43 bits per heavy atom. The minimum absolute atomic E-state index is 0.0673. The molecule has 6 heteroatoms. The van der Waals surface area contributed by atoms with Gasteiger partial charge >= 0.3 is 0 Å². The summed E-state index contributed by atoms with van der Waals surface area (Å²) in [6.07, 6.45) is 1.75. The Hall–Kier alpha value is -1.66. The van der Waals surface area contributed by atoms with Crippen LogP contribution in [0.1, 0.15) is 32.3 Å². The lowest BCUT2D eigenvalue weighted by Gasteiger charge is -2.15. The zero-order valence-electron chi connectivity index (χ0n) is 12.7. The van der Waals surface area contributed by atoms with Gasteiger partial charge in [-0.3, -0.25) is 10.1 Å². The summed E-state index contributed by atoms with van der Waals surface area (Å²) in [5.74, 6) is 1.08. The van der Waals surface area contributed by atoms with Gasteiger partial charge in [-0.15, -0.1) is 0 Å². The highest BCUT2D eigenvalue weighted by molar-refractivity contribution is 5.43. The van der Waals surface area contributed by atoms with Gasteiger partial charge in [-0.1, -0.05) is 13.3 Å². The van der Waals surface area contributed by atoms with Crippen molar-refractivity contribution in [1.82, 2.24) is 5.32 Å². The summed E-state index contributed by atoms with van der Waals surface area (Å²) in [6.45, 7) is 5.95. The molecule has 0 amide bonds. The van der Waals surface area contributed by atoms with Crippen LogP contribution in [0.5, 0.6) is 5.75 Å². The third-order valence-corrected chi connectivity index (χ3v) is 3.42. The van der Waals surface area contributed by atoms with Crippen molar-refractivity contribution < 1.29 is 14.8 Å². The van der Waals surface area contributed by atoms with Crippen LogP contribution in [-0.4, -0.2) is 29.8 Å². The maximum absolute atomic E-state index is 10.9. The minimum Gasteiger partial charge on any atom is -0.494 e. The van der Waals surface area contributed by atoms with E-state index in [0.29, 0.717) is 24.8 Å². The number of aliphatic hydroxyl groups is 1. The second-order valence-electron chi connectivity index (χ2n) is 4.90. The molecular weight excluding hydrogens is 272 g/mol. The zero-order valence-corrected chi connectivity index (χ0v) is 12.7. The third-order valence-electron chi connectivity index (χ3n) is 3.42. The summed E-state index contributed by atoms with van der Waals surface area (Å²) < 4.78 is 5.50. The first-order valence-corrected chi connectivity index (χ1v) is 7.34. The van der Waals surface area contributed by atoms with Gasteiger partial charge in [-0.25, -0.2) is 0 Å².